The maximum Gasteiger partial charge on any atom is 0.323 e. The summed E-state index contributed by atoms with van der Waals surface area (Å²) in [5.41, 5.74) is 2.81. The number of rotatable bonds is 5. The molecule has 2 aromatic rings. The SMILES string of the molecule is CCCC(C)C(NC)c1ccc2[nH]c(=O)[nH]c2c1. The molecule has 1 aromatic heterocycles. The van der Waals surface area contributed by atoms with Crippen molar-refractivity contribution >= 4 is 11.0 Å². The largest absolute Gasteiger partial charge is 0.323 e. The van der Waals surface area contributed by atoms with E-state index in [0.717, 1.165) is 11.0 Å². The molecule has 4 heteroatoms. The van der Waals surface area contributed by atoms with Crippen molar-refractivity contribution in [1.82, 2.24) is 15.3 Å². The minimum absolute atomic E-state index is 0.148. The molecular weight excluding hydrogens is 226 g/mol. The zero-order chi connectivity index (χ0) is 13.1. The monoisotopic (exact) mass is 247 g/mol. The van der Waals surface area contributed by atoms with Gasteiger partial charge in [-0.15, -0.1) is 0 Å². The minimum Gasteiger partial charge on any atom is -0.313 e. The third kappa shape index (κ3) is 2.48. The van der Waals surface area contributed by atoms with Crippen LogP contribution in [0.4, 0.5) is 0 Å². The van der Waals surface area contributed by atoms with Crippen molar-refractivity contribution in [3.05, 3.63) is 34.2 Å². The number of hydrogen-bond donors (Lipinski definition) is 3. The van der Waals surface area contributed by atoms with Gasteiger partial charge < -0.3 is 15.3 Å². The summed E-state index contributed by atoms with van der Waals surface area (Å²) in [5, 5.41) is 3.37. The fourth-order valence-corrected chi connectivity index (χ4v) is 2.65. The van der Waals surface area contributed by atoms with Crippen LogP contribution >= 0.6 is 0 Å². The zero-order valence-corrected chi connectivity index (χ0v) is 11.2. The molecule has 18 heavy (non-hydrogen) atoms. The van der Waals surface area contributed by atoms with Gasteiger partial charge in [0.1, 0.15) is 0 Å². The molecule has 1 heterocycles. The van der Waals surface area contributed by atoms with E-state index in [1.807, 2.05) is 13.1 Å². The first-order chi connectivity index (χ1) is 8.65. The average molecular weight is 247 g/mol. The van der Waals surface area contributed by atoms with E-state index < -0.39 is 0 Å². The molecule has 0 aliphatic heterocycles. The van der Waals surface area contributed by atoms with Gasteiger partial charge in [0.25, 0.3) is 0 Å². The third-order valence-corrected chi connectivity index (χ3v) is 3.52. The predicted octanol–water partition coefficient (Wildman–Crippen LogP) is 2.55. The van der Waals surface area contributed by atoms with Crippen LogP contribution in [0.25, 0.3) is 11.0 Å². The smallest absolute Gasteiger partial charge is 0.313 e. The molecule has 4 nitrogen and oxygen atoms in total. The number of fused-ring (bicyclic) bond motifs is 1. The summed E-state index contributed by atoms with van der Waals surface area (Å²) in [5.74, 6) is 0.572. The van der Waals surface area contributed by atoms with E-state index in [2.05, 4.69) is 41.3 Å². The summed E-state index contributed by atoms with van der Waals surface area (Å²) in [6.07, 6.45) is 2.37. The number of nitrogens with one attached hydrogen (secondary N) is 3. The molecule has 98 valence electrons. The van der Waals surface area contributed by atoms with Crippen LogP contribution < -0.4 is 11.0 Å². The van der Waals surface area contributed by atoms with Crippen LogP contribution in [0.2, 0.25) is 0 Å². The standard InChI is InChI=1S/C14H21N3O/c1-4-5-9(2)13(15-3)10-6-7-11-12(8-10)17-14(18)16-11/h6-9,13,15H,4-5H2,1-3H3,(H2,16,17,18). The highest BCUT2D eigenvalue weighted by molar-refractivity contribution is 5.75. The number of imidazole rings is 1. The van der Waals surface area contributed by atoms with Gasteiger partial charge in [0.05, 0.1) is 11.0 Å². The van der Waals surface area contributed by atoms with Gasteiger partial charge in [-0.05, 0) is 37.1 Å². The molecule has 2 atom stereocenters. The van der Waals surface area contributed by atoms with Crippen molar-refractivity contribution in [3.63, 3.8) is 0 Å². The van der Waals surface area contributed by atoms with Crippen molar-refractivity contribution in [2.45, 2.75) is 32.7 Å². The number of H-pyrrole nitrogens is 2. The molecule has 0 aliphatic carbocycles. The van der Waals surface area contributed by atoms with E-state index in [0.29, 0.717) is 12.0 Å². The summed E-state index contributed by atoms with van der Waals surface area (Å²) in [7, 11) is 1.99. The highest BCUT2D eigenvalue weighted by Crippen LogP contribution is 2.26. The third-order valence-electron chi connectivity index (χ3n) is 3.52. The molecule has 1 aromatic carbocycles. The van der Waals surface area contributed by atoms with E-state index in [1.54, 1.807) is 0 Å². The highest BCUT2D eigenvalue weighted by atomic mass is 16.1. The second-order valence-electron chi connectivity index (χ2n) is 4.92. The molecule has 0 aliphatic rings. The lowest BCUT2D eigenvalue weighted by molar-refractivity contribution is 0.384. The van der Waals surface area contributed by atoms with Crippen LogP contribution in [0.15, 0.2) is 23.0 Å². The number of hydrogen-bond acceptors (Lipinski definition) is 2. The molecule has 0 bridgehead atoms. The van der Waals surface area contributed by atoms with Crippen LogP contribution in [0.1, 0.15) is 38.3 Å². The molecular formula is C14H21N3O. The second kappa shape index (κ2) is 5.40. The molecule has 0 spiro atoms. The van der Waals surface area contributed by atoms with Crippen molar-refractivity contribution in [1.29, 1.82) is 0 Å². The normalized spacial score (nSPS) is 14.8. The highest BCUT2D eigenvalue weighted by Gasteiger charge is 2.17. The minimum atomic E-state index is -0.148. The Balaban J connectivity index is 2.35. The van der Waals surface area contributed by atoms with Gasteiger partial charge in [-0.1, -0.05) is 26.3 Å². The van der Waals surface area contributed by atoms with Gasteiger partial charge in [0, 0.05) is 6.04 Å². The van der Waals surface area contributed by atoms with E-state index >= 15 is 0 Å². The first kappa shape index (κ1) is 12.9. The molecule has 0 saturated heterocycles. The summed E-state index contributed by atoms with van der Waals surface area (Å²) in [6, 6.07) is 6.43. The Kier molecular flexibility index (Phi) is 3.87. The molecule has 2 rings (SSSR count). The molecule has 3 N–H and O–H groups in total. The zero-order valence-electron chi connectivity index (χ0n) is 11.2. The Bertz CT molecular complexity index is 570. The maximum absolute atomic E-state index is 11.2. The lowest BCUT2D eigenvalue weighted by Crippen LogP contribution is -2.23. The second-order valence-corrected chi connectivity index (χ2v) is 4.92. The van der Waals surface area contributed by atoms with Crippen LogP contribution in [0, 0.1) is 5.92 Å². The maximum atomic E-state index is 11.2. The lowest BCUT2D eigenvalue weighted by Gasteiger charge is -2.23. The van der Waals surface area contributed by atoms with Gasteiger partial charge in [0.15, 0.2) is 0 Å². The summed E-state index contributed by atoms with van der Waals surface area (Å²) in [6.45, 7) is 4.46. The molecule has 2 unspecified atom stereocenters. The lowest BCUT2D eigenvalue weighted by atomic mass is 9.91. The number of aromatic nitrogens is 2. The quantitative estimate of drug-likeness (QED) is 0.760. The van der Waals surface area contributed by atoms with Crippen molar-refractivity contribution in [2.75, 3.05) is 7.05 Å². The van der Waals surface area contributed by atoms with Gasteiger partial charge in [0.2, 0.25) is 0 Å². The van der Waals surface area contributed by atoms with Crippen molar-refractivity contribution < 1.29 is 0 Å². The molecule has 0 radical (unpaired) electrons. The van der Waals surface area contributed by atoms with E-state index in [-0.39, 0.29) is 5.69 Å². The van der Waals surface area contributed by atoms with Gasteiger partial charge in [-0.2, -0.15) is 0 Å². The van der Waals surface area contributed by atoms with Gasteiger partial charge in [-0.3, -0.25) is 0 Å². The summed E-state index contributed by atoms with van der Waals surface area (Å²) in [4.78, 5) is 16.8. The van der Waals surface area contributed by atoms with E-state index in [1.165, 1.54) is 18.4 Å². The molecule has 0 amide bonds. The Morgan fingerprint density at radius 2 is 2.00 bits per heavy atom. The van der Waals surface area contributed by atoms with Crippen LogP contribution in [0.3, 0.4) is 0 Å². The van der Waals surface area contributed by atoms with E-state index in [4.69, 9.17) is 0 Å². The fraction of sp³-hybridized carbons (Fsp3) is 0.500. The van der Waals surface area contributed by atoms with Gasteiger partial charge in [-0.25, -0.2) is 4.79 Å². The average Bonchev–Trinajstić information content (AvgIpc) is 2.69. The van der Waals surface area contributed by atoms with Crippen molar-refractivity contribution in [2.24, 2.45) is 5.92 Å². The van der Waals surface area contributed by atoms with Crippen LogP contribution in [-0.2, 0) is 0 Å². The van der Waals surface area contributed by atoms with Crippen LogP contribution in [-0.4, -0.2) is 17.0 Å². The van der Waals surface area contributed by atoms with E-state index in [9.17, 15) is 4.79 Å². The molecule has 0 saturated carbocycles. The number of aromatic amines is 2. The number of benzene rings is 1. The Morgan fingerprint density at radius 3 is 2.67 bits per heavy atom. The first-order valence-corrected chi connectivity index (χ1v) is 6.55. The topological polar surface area (TPSA) is 60.7 Å². The summed E-state index contributed by atoms with van der Waals surface area (Å²) < 4.78 is 0. The first-order valence-electron chi connectivity index (χ1n) is 6.55. The van der Waals surface area contributed by atoms with Crippen molar-refractivity contribution in [3.8, 4) is 0 Å². The Morgan fingerprint density at radius 1 is 1.28 bits per heavy atom. The van der Waals surface area contributed by atoms with Gasteiger partial charge >= 0.3 is 5.69 Å². The fourth-order valence-electron chi connectivity index (χ4n) is 2.65. The Hall–Kier alpha value is -1.55. The Labute approximate surface area is 107 Å². The summed E-state index contributed by atoms with van der Waals surface area (Å²) >= 11 is 0. The predicted molar refractivity (Wildman–Crippen MR) is 74.8 cm³/mol. The van der Waals surface area contributed by atoms with Crippen LogP contribution in [0.5, 0.6) is 0 Å². The molecule has 0 fully saturated rings.